The number of benzene rings is 3. The van der Waals surface area contributed by atoms with Crippen molar-refractivity contribution >= 4 is 23.2 Å². The number of guanidine groups is 1. The topological polar surface area (TPSA) is 73.1 Å². The highest BCUT2D eigenvalue weighted by atomic mass is 35.5. The SMILES string of the molecule is C[C@H]1CN(CCC2(c3cccc(C(F)(F)F)c3)CNC(=NC#N)N2c2ccc(Oc3ccc(Cl)cc3)cc2)CCO1. The maximum atomic E-state index is 13.8. The number of aliphatic imine (C=N–C) groups is 1. The Hall–Kier alpha value is -3.78. The van der Waals surface area contributed by atoms with Crippen molar-refractivity contribution in [2.24, 2.45) is 4.99 Å². The second-order valence-corrected chi connectivity index (χ2v) is 10.6. The van der Waals surface area contributed by atoms with Crippen LogP contribution in [-0.4, -0.2) is 49.7 Å². The molecule has 0 spiro atoms. The fourth-order valence-electron chi connectivity index (χ4n) is 5.39. The van der Waals surface area contributed by atoms with Crippen molar-refractivity contribution in [3.05, 3.63) is 88.9 Å². The Kier molecular flexibility index (Phi) is 8.40. The van der Waals surface area contributed by atoms with Gasteiger partial charge < -0.3 is 14.8 Å². The highest BCUT2D eigenvalue weighted by Crippen LogP contribution is 2.42. The number of halogens is 4. The summed E-state index contributed by atoms with van der Waals surface area (Å²) < 4.78 is 53.1. The van der Waals surface area contributed by atoms with Gasteiger partial charge >= 0.3 is 6.18 Å². The number of rotatable bonds is 7. The first kappa shape index (κ1) is 28.7. The van der Waals surface area contributed by atoms with Crippen molar-refractivity contribution in [1.29, 1.82) is 5.26 Å². The van der Waals surface area contributed by atoms with Crippen LogP contribution in [0.25, 0.3) is 0 Å². The molecule has 0 aromatic heterocycles. The quantitative estimate of drug-likeness (QED) is 0.324. The molecule has 3 aromatic rings. The zero-order valence-electron chi connectivity index (χ0n) is 22.4. The van der Waals surface area contributed by atoms with Crippen LogP contribution in [0.2, 0.25) is 5.02 Å². The average Bonchev–Trinajstić information content (AvgIpc) is 3.32. The summed E-state index contributed by atoms with van der Waals surface area (Å²) in [5.41, 5.74) is -0.561. The van der Waals surface area contributed by atoms with Crippen molar-refractivity contribution in [3.8, 4) is 17.7 Å². The number of nitrogens with one attached hydrogen (secondary N) is 1. The van der Waals surface area contributed by atoms with E-state index in [1.54, 1.807) is 42.5 Å². The fraction of sp³-hybridized carbons (Fsp3) is 0.333. The van der Waals surface area contributed by atoms with Crippen LogP contribution in [0.15, 0.2) is 77.8 Å². The molecule has 0 amide bonds. The largest absolute Gasteiger partial charge is 0.457 e. The van der Waals surface area contributed by atoms with Crippen molar-refractivity contribution in [2.45, 2.75) is 31.2 Å². The number of hydrogen-bond acceptors (Lipinski definition) is 5. The molecule has 2 fully saturated rings. The zero-order valence-corrected chi connectivity index (χ0v) is 23.1. The van der Waals surface area contributed by atoms with Gasteiger partial charge in [-0.2, -0.15) is 18.4 Å². The summed E-state index contributed by atoms with van der Waals surface area (Å²) in [4.78, 5) is 8.11. The molecular formula is C30H29ClF3N5O2. The number of nitrogens with zero attached hydrogens (tertiary/aromatic N) is 4. The van der Waals surface area contributed by atoms with Gasteiger partial charge in [0, 0.05) is 36.9 Å². The average molecular weight is 584 g/mol. The standard InChI is InChI=1S/C30H29ClF3N5O2/c1-21-18-38(15-16-40-21)14-13-29(22-3-2-4-23(17-22)30(32,33)34)19-36-28(37-20-35)39(29)25-7-11-27(12-8-25)41-26-9-5-24(31)6-10-26/h2-12,17,21H,13-16,18-19H2,1H3,(H,36,37)/t21-,29?/m0/s1. The highest BCUT2D eigenvalue weighted by molar-refractivity contribution is 6.30. The van der Waals surface area contributed by atoms with Crippen LogP contribution in [0, 0.1) is 11.5 Å². The normalized spacial score (nSPS) is 22.4. The van der Waals surface area contributed by atoms with E-state index in [-0.39, 0.29) is 18.6 Å². The summed E-state index contributed by atoms with van der Waals surface area (Å²) in [6.07, 6.45) is -2.13. The van der Waals surface area contributed by atoms with E-state index >= 15 is 0 Å². The summed E-state index contributed by atoms with van der Waals surface area (Å²) in [5, 5.41) is 13.3. The molecule has 214 valence electrons. The smallest absolute Gasteiger partial charge is 0.416 e. The third-order valence-corrected chi connectivity index (χ3v) is 7.62. The van der Waals surface area contributed by atoms with Crippen LogP contribution >= 0.6 is 11.6 Å². The predicted molar refractivity (Wildman–Crippen MR) is 151 cm³/mol. The molecule has 1 N–H and O–H groups in total. The highest BCUT2D eigenvalue weighted by Gasteiger charge is 2.47. The predicted octanol–water partition coefficient (Wildman–Crippen LogP) is 6.40. The van der Waals surface area contributed by atoms with Gasteiger partial charge in [0.25, 0.3) is 0 Å². The number of ether oxygens (including phenoxy) is 2. The van der Waals surface area contributed by atoms with Gasteiger partial charge in [-0.25, -0.2) is 0 Å². The van der Waals surface area contributed by atoms with E-state index in [1.165, 1.54) is 12.1 Å². The van der Waals surface area contributed by atoms with E-state index in [0.717, 1.165) is 19.2 Å². The summed E-state index contributed by atoms with van der Waals surface area (Å²) in [6, 6.07) is 19.5. The van der Waals surface area contributed by atoms with E-state index in [9.17, 15) is 18.4 Å². The van der Waals surface area contributed by atoms with E-state index < -0.39 is 17.3 Å². The Morgan fingerprint density at radius 1 is 1.12 bits per heavy atom. The first-order chi connectivity index (χ1) is 19.7. The van der Waals surface area contributed by atoms with Crippen LogP contribution in [0.4, 0.5) is 18.9 Å². The van der Waals surface area contributed by atoms with Crippen molar-refractivity contribution in [2.75, 3.05) is 37.7 Å². The van der Waals surface area contributed by atoms with Crippen LogP contribution in [0.5, 0.6) is 11.5 Å². The van der Waals surface area contributed by atoms with Crippen LogP contribution in [0.3, 0.4) is 0 Å². The summed E-state index contributed by atoms with van der Waals surface area (Å²) >= 11 is 5.97. The molecule has 0 radical (unpaired) electrons. The molecule has 2 aliphatic rings. The number of morpholine rings is 1. The third-order valence-electron chi connectivity index (χ3n) is 7.37. The minimum Gasteiger partial charge on any atom is -0.457 e. The van der Waals surface area contributed by atoms with Gasteiger partial charge in [0.2, 0.25) is 12.2 Å². The molecule has 5 rings (SSSR count). The monoisotopic (exact) mass is 583 g/mol. The van der Waals surface area contributed by atoms with Gasteiger partial charge in [-0.1, -0.05) is 23.7 Å². The first-order valence-electron chi connectivity index (χ1n) is 13.2. The Balaban J connectivity index is 1.54. The number of anilines is 1. The number of alkyl halides is 3. The van der Waals surface area contributed by atoms with Crippen molar-refractivity contribution < 1.29 is 22.6 Å². The summed E-state index contributed by atoms with van der Waals surface area (Å²) in [7, 11) is 0. The molecule has 11 heteroatoms. The van der Waals surface area contributed by atoms with Crippen LogP contribution in [-0.2, 0) is 16.5 Å². The molecule has 3 aromatic carbocycles. The van der Waals surface area contributed by atoms with E-state index in [1.807, 2.05) is 30.1 Å². The Morgan fingerprint density at radius 2 is 1.83 bits per heavy atom. The first-order valence-corrected chi connectivity index (χ1v) is 13.6. The van der Waals surface area contributed by atoms with Crippen LogP contribution < -0.4 is 15.0 Å². The van der Waals surface area contributed by atoms with Gasteiger partial charge in [0.15, 0.2) is 0 Å². The summed E-state index contributed by atoms with van der Waals surface area (Å²) in [6.45, 7) is 4.92. The maximum absolute atomic E-state index is 13.8. The molecule has 41 heavy (non-hydrogen) atoms. The number of hydrogen-bond donors (Lipinski definition) is 1. The summed E-state index contributed by atoms with van der Waals surface area (Å²) in [5.74, 6) is 1.44. The second kappa shape index (κ2) is 12.0. The van der Waals surface area contributed by atoms with Gasteiger partial charge in [0.05, 0.1) is 23.8 Å². The Bertz CT molecular complexity index is 1430. The molecule has 0 bridgehead atoms. The van der Waals surface area contributed by atoms with Crippen LogP contribution in [0.1, 0.15) is 24.5 Å². The number of nitriles is 1. The van der Waals surface area contributed by atoms with Crippen molar-refractivity contribution in [3.63, 3.8) is 0 Å². The zero-order chi connectivity index (χ0) is 29.0. The van der Waals surface area contributed by atoms with Crippen molar-refractivity contribution in [1.82, 2.24) is 10.2 Å². The van der Waals surface area contributed by atoms with Gasteiger partial charge in [-0.05, 0) is 79.6 Å². The minimum absolute atomic E-state index is 0.0648. The fourth-order valence-corrected chi connectivity index (χ4v) is 5.52. The lowest BCUT2D eigenvalue weighted by molar-refractivity contribution is -0.137. The Morgan fingerprint density at radius 3 is 2.49 bits per heavy atom. The molecule has 0 saturated carbocycles. The van der Waals surface area contributed by atoms with Gasteiger partial charge in [-0.15, -0.1) is 4.99 Å². The molecule has 1 unspecified atom stereocenters. The Labute approximate surface area is 241 Å². The molecule has 2 aliphatic heterocycles. The van der Waals surface area contributed by atoms with E-state index in [4.69, 9.17) is 21.1 Å². The molecule has 2 heterocycles. The van der Waals surface area contributed by atoms with Gasteiger partial charge in [0.1, 0.15) is 11.5 Å². The lowest BCUT2D eigenvalue weighted by Crippen LogP contribution is -2.49. The maximum Gasteiger partial charge on any atom is 0.416 e. The lowest BCUT2D eigenvalue weighted by atomic mass is 9.84. The third kappa shape index (κ3) is 6.43. The van der Waals surface area contributed by atoms with E-state index in [2.05, 4.69) is 15.2 Å². The second-order valence-electron chi connectivity index (χ2n) is 10.1. The molecule has 2 atom stereocenters. The van der Waals surface area contributed by atoms with Gasteiger partial charge in [-0.3, -0.25) is 9.80 Å². The van der Waals surface area contributed by atoms with E-state index in [0.29, 0.717) is 47.3 Å². The molecule has 2 saturated heterocycles. The molecule has 7 nitrogen and oxygen atoms in total. The molecular weight excluding hydrogens is 555 g/mol. The minimum atomic E-state index is -4.50. The lowest BCUT2D eigenvalue weighted by Gasteiger charge is -2.41. The molecule has 0 aliphatic carbocycles.